The number of fused-ring (bicyclic) bond motifs is 1. The van der Waals surface area contributed by atoms with E-state index in [1.807, 2.05) is 6.92 Å². The molecule has 2 N–H and O–H groups in total. The summed E-state index contributed by atoms with van der Waals surface area (Å²) in [6, 6.07) is 6.68. The molecule has 1 aromatic carbocycles. The zero-order valence-electron chi connectivity index (χ0n) is 12.7. The highest BCUT2D eigenvalue weighted by Gasteiger charge is 2.50. The van der Waals surface area contributed by atoms with Crippen molar-refractivity contribution in [3.8, 4) is 0 Å². The molecule has 4 nitrogen and oxygen atoms in total. The quantitative estimate of drug-likeness (QED) is 0.933. The van der Waals surface area contributed by atoms with E-state index in [1.54, 1.807) is 0 Å². The van der Waals surface area contributed by atoms with Crippen LogP contribution in [0.2, 0.25) is 0 Å². The molecule has 3 rings (SSSR count). The van der Waals surface area contributed by atoms with Gasteiger partial charge in [0.2, 0.25) is 5.95 Å². The zero-order valence-corrected chi connectivity index (χ0v) is 12.7. The van der Waals surface area contributed by atoms with E-state index in [4.69, 9.17) is 10.5 Å². The molecule has 20 heavy (non-hydrogen) atoms. The highest BCUT2D eigenvalue weighted by atomic mass is 16.5. The Bertz CT molecular complexity index is 644. The number of ether oxygens (including phenoxy) is 1. The van der Waals surface area contributed by atoms with Crippen LogP contribution in [0, 0.1) is 12.3 Å². The Kier molecular flexibility index (Phi) is 3.01. The van der Waals surface area contributed by atoms with Crippen LogP contribution in [0.25, 0.3) is 11.0 Å². The van der Waals surface area contributed by atoms with E-state index >= 15 is 0 Å². The number of aryl methyl sites for hydroxylation is 1. The van der Waals surface area contributed by atoms with Crippen molar-refractivity contribution in [1.82, 2.24) is 9.55 Å². The summed E-state index contributed by atoms with van der Waals surface area (Å²) in [4.78, 5) is 4.51. The molecule has 4 heteroatoms. The molecule has 1 aliphatic rings. The zero-order chi connectivity index (χ0) is 14.5. The van der Waals surface area contributed by atoms with E-state index in [0.717, 1.165) is 24.1 Å². The van der Waals surface area contributed by atoms with Crippen LogP contribution < -0.4 is 5.73 Å². The molecule has 1 fully saturated rings. The molecule has 108 valence electrons. The first-order valence-electron chi connectivity index (χ1n) is 7.30. The Morgan fingerprint density at radius 1 is 1.45 bits per heavy atom. The number of benzene rings is 1. The van der Waals surface area contributed by atoms with Crippen molar-refractivity contribution in [2.24, 2.45) is 5.41 Å². The molecular weight excluding hydrogens is 250 g/mol. The lowest BCUT2D eigenvalue weighted by Gasteiger charge is -2.52. The molecule has 0 amide bonds. The Morgan fingerprint density at radius 2 is 2.20 bits per heavy atom. The molecule has 0 saturated heterocycles. The third-order valence-electron chi connectivity index (χ3n) is 4.68. The highest BCUT2D eigenvalue weighted by Crippen LogP contribution is 2.52. The van der Waals surface area contributed by atoms with Gasteiger partial charge in [-0.1, -0.05) is 19.9 Å². The van der Waals surface area contributed by atoms with Crippen molar-refractivity contribution in [3.63, 3.8) is 0 Å². The molecule has 0 radical (unpaired) electrons. The first-order chi connectivity index (χ1) is 9.45. The maximum absolute atomic E-state index is 6.17. The van der Waals surface area contributed by atoms with E-state index < -0.39 is 0 Å². The highest BCUT2D eigenvalue weighted by molar-refractivity contribution is 5.79. The van der Waals surface area contributed by atoms with Crippen LogP contribution in [0.4, 0.5) is 5.95 Å². The summed E-state index contributed by atoms with van der Waals surface area (Å²) < 4.78 is 8.00. The van der Waals surface area contributed by atoms with E-state index in [0.29, 0.717) is 18.1 Å². The van der Waals surface area contributed by atoms with Crippen LogP contribution >= 0.6 is 0 Å². The lowest BCUT2D eigenvalue weighted by molar-refractivity contribution is -0.126. The van der Waals surface area contributed by atoms with Crippen molar-refractivity contribution in [2.45, 2.75) is 46.3 Å². The lowest BCUT2D eigenvalue weighted by atomic mass is 9.64. The van der Waals surface area contributed by atoms with Gasteiger partial charge in [0.1, 0.15) is 0 Å². The summed E-state index contributed by atoms with van der Waals surface area (Å²) >= 11 is 0. The fourth-order valence-corrected chi connectivity index (χ4v) is 3.34. The van der Waals surface area contributed by atoms with Gasteiger partial charge in [-0.3, -0.25) is 0 Å². The van der Waals surface area contributed by atoms with Gasteiger partial charge in [-0.2, -0.15) is 0 Å². The molecule has 1 aromatic heterocycles. The van der Waals surface area contributed by atoms with E-state index in [1.165, 1.54) is 5.56 Å². The Morgan fingerprint density at radius 3 is 2.85 bits per heavy atom. The predicted octanol–water partition coefficient (Wildman–Crippen LogP) is 3.30. The summed E-state index contributed by atoms with van der Waals surface area (Å²) in [5.74, 6) is 0.610. The Hall–Kier alpha value is -1.55. The van der Waals surface area contributed by atoms with E-state index in [-0.39, 0.29) is 5.41 Å². The van der Waals surface area contributed by atoms with Crippen LogP contribution in [0.1, 0.15) is 38.8 Å². The first kappa shape index (κ1) is 13.4. The number of nitrogen functional groups attached to an aromatic ring is 1. The van der Waals surface area contributed by atoms with Crippen molar-refractivity contribution in [3.05, 3.63) is 23.8 Å². The smallest absolute Gasteiger partial charge is 0.201 e. The third kappa shape index (κ3) is 1.82. The summed E-state index contributed by atoms with van der Waals surface area (Å²) in [5.41, 5.74) is 9.57. The SMILES string of the molecule is CCOC1CC(n2c(N)nc3cc(C)ccc32)C1(C)C. The topological polar surface area (TPSA) is 53.1 Å². The van der Waals surface area contributed by atoms with Gasteiger partial charge in [0.25, 0.3) is 0 Å². The molecular formula is C16H23N3O. The molecule has 0 spiro atoms. The van der Waals surface area contributed by atoms with Gasteiger partial charge >= 0.3 is 0 Å². The Balaban J connectivity index is 2.02. The molecule has 2 atom stereocenters. The molecule has 1 aliphatic carbocycles. The Labute approximate surface area is 119 Å². The number of anilines is 1. The summed E-state index contributed by atoms with van der Waals surface area (Å²) in [6.45, 7) is 9.39. The van der Waals surface area contributed by atoms with Crippen molar-refractivity contribution < 1.29 is 4.74 Å². The fourth-order valence-electron chi connectivity index (χ4n) is 3.34. The second kappa shape index (κ2) is 4.48. The van der Waals surface area contributed by atoms with E-state index in [2.05, 4.69) is 48.5 Å². The molecule has 0 bridgehead atoms. The minimum absolute atomic E-state index is 0.0860. The number of nitrogens with zero attached hydrogens (tertiary/aromatic N) is 2. The second-order valence-corrected chi connectivity index (χ2v) is 6.35. The molecule has 0 aliphatic heterocycles. The van der Waals surface area contributed by atoms with Crippen LogP contribution in [0.3, 0.4) is 0 Å². The average molecular weight is 273 g/mol. The van der Waals surface area contributed by atoms with Gasteiger partial charge in [0.05, 0.1) is 17.1 Å². The summed E-state index contributed by atoms with van der Waals surface area (Å²) in [5, 5.41) is 0. The standard InChI is InChI=1S/C16H23N3O/c1-5-20-14-9-13(16(14,3)4)19-12-7-6-10(2)8-11(12)18-15(19)17/h6-8,13-14H,5,9H2,1-4H3,(H2,17,18). The largest absolute Gasteiger partial charge is 0.378 e. The molecule has 2 unspecified atom stereocenters. The van der Waals surface area contributed by atoms with Gasteiger partial charge < -0.3 is 15.0 Å². The number of rotatable bonds is 3. The number of nitrogens with two attached hydrogens (primary N) is 1. The lowest BCUT2D eigenvalue weighted by Crippen LogP contribution is -2.51. The second-order valence-electron chi connectivity index (χ2n) is 6.35. The van der Waals surface area contributed by atoms with Crippen LogP contribution in [-0.4, -0.2) is 22.3 Å². The van der Waals surface area contributed by atoms with Gasteiger partial charge in [-0.15, -0.1) is 0 Å². The summed E-state index contributed by atoms with van der Waals surface area (Å²) in [7, 11) is 0. The van der Waals surface area contributed by atoms with E-state index in [9.17, 15) is 0 Å². The predicted molar refractivity (Wildman–Crippen MR) is 81.7 cm³/mol. The average Bonchev–Trinajstić information content (AvgIpc) is 2.69. The number of imidazole rings is 1. The van der Waals surface area contributed by atoms with Crippen molar-refractivity contribution >= 4 is 17.0 Å². The maximum atomic E-state index is 6.17. The third-order valence-corrected chi connectivity index (χ3v) is 4.68. The van der Waals surface area contributed by atoms with Gasteiger partial charge in [-0.05, 0) is 38.0 Å². The minimum Gasteiger partial charge on any atom is -0.378 e. The van der Waals surface area contributed by atoms with Crippen LogP contribution in [0.15, 0.2) is 18.2 Å². The van der Waals surface area contributed by atoms with Gasteiger partial charge in [0.15, 0.2) is 0 Å². The summed E-state index contributed by atoms with van der Waals surface area (Å²) in [6.07, 6.45) is 1.31. The monoisotopic (exact) mass is 273 g/mol. The van der Waals surface area contributed by atoms with Crippen molar-refractivity contribution in [2.75, 3.05) is 12.3 Å². The number of hydrogen-bond donors (Lipinski definition) is 1. The number of hydrogen-bond acceptors (Lipinski definition) is 3. The normalized spacial score (nSPS) is 24.8. The first-order valence-corrected chi connectivity index (χ1v) is 7.30. The fraction of sp³-hybridized carbons (Fsp3) is 0.562. The minimum atomic E-state index is 0.0860. The molecule has 2 aromatic rings. The number of aromatic nitrogens is 2. The van der Waals surface area contributed by atoms with Crippen LogP contribution in [0.5, 0.6) is 0 Å². The van der Waals surface area contributed by atoms with Crippen molar-refractivity contribution in [1.29, 1.82) is 0 Å². The molecule has 1 saturated carbocycles. The molecule has 1 heterocycles. The van der Waals surface area contributed by atoms with Gasteiger partial charge in [-0.25, -0.2) is 4.98 Å². The maximum Gasteiger partial charge on any atom is 0.201 e. The van der Waals surface area contributed by atoms with Gasteiger partial charge in [0, 0.05) is 18.1 Å². The van der Waals surface area contributed by atoms with Crippen LogP contribution in [-0.2, 0) is 4.74 Å².